The van der Waals surface area contributed by atoms with Gasteiger partial charge in [-0.3, -0.25) is 9.59 Å². The zero-order valence-electron chi connectivity index (χ0n) is 15.8. The first-order valence-corrected chi connectivity index (χ1v) is 8.85. The molecule has 0 spiro atoms. The van der Waals surface area contributed by atoms with Gasteiger partial charge in [0, 0.05) is 10.9 Å². The maximum atomic E-state index is 12.7. The summed E-state index contributed by atoms with van der Waals surface area (Å²) in [6.07, 6.45) is 0. The zero-order chi connectivity index (χ0) is 20.5. The topological polar surface area (TPSA) is 108 Å². The number of ether oxygens (including phenoxy) is 1. The summed E-state index contributed by atoms with van der Waals surface area (Å²) in [4.78, 5) is 24.5. The monoisotopic (exact) mass is 390 g/mol. The van der Waals surface area contributed by atoms with E-state index >= 15 is 0 Å². The van der Waals surface area contributed by atoms with Crippen LogP contribution in [-0.2, 0) is 0 Å². The number of nitrogens with two attached hydrogens (primary N) is 1. The van der Waals surface area contributed by atoms with Gasteiger partial charge in [0.25, 0.3) is 11.8 Å². The van der Waals surface area contributed by atoms with E-state index in [2.05, 4.69) is 5.32 Å². The predicted octanol–water partition coefficient (Wildman–Crippen LogP) is 4.36. The van der Waals surface area contributed by atoms with Crippen LogP contribution in [0.4, 0.5) is 5.69 Å². The molecule has 0 saturated heterocycles. The number of furan rings is 2. The fourth-order valence-corrected chi connectivity index (χ4v) is 3.05. The molecule has 29 heavy (non-hydrogen) atoms. The minimum atomic E-state index is -0.771. The van der Waals surface area contributed by atoms with Gasteiger partial charge in [-0.25, -0.2) is 0 Å². The molecule has 2 aromatic heterocycles. The molecule has 3 N–H and O–H groups in total. The first kappa shape index (κ1) is 18.4. The van der Waals surface area contributed by atoms with E-state index in [1.807, 2.05) is 25.1 Å². The Morgan fingerprint density at radius 3 is 2.45 bits per heavy atom. The number of hydrogen-bond donors (Lipinski definition) is 2. The van der Waals surface area contributed by atoms with Crippen LogP contribution in [0.5, 0.6) is 5.75 Å². The van der Waals surface area contributed by atoms with E-state index in [-0.39, 0.29) is 17.2 Å². The smallest absolute Gasteiger partial charge is 0.291 e. The van der Waals surface area contributed by atoms with Gasteiger partial charge in [-0.2, -0.15) is 0 Å². The van der Waals surface area contributed by atoms with Crippen molar-refractivity contribution in [2.45, 2.75) is 6.92 Å². The molecule has 0 fully saturated rings. The number of nitrogens with one attached hydrogen (secondary N) is 1. The van der Waals surface area contributed by atoms with Crippen molar-refractivity contribution < 1.29 is 23.2 Å². The summed E-state index contributed by atoms with van der Waals surface area (Å²) in [5.74, 6) is -0.0587. The van der Waals surface area contributed by atoms with E-state index in [0.717, 1.165) is 16.9 Å². The predicted molar refractivity (Wildman–Crippen MR) is 108 cm³/mol. The lowest BCUT2D eigenvalue weighted by molar-refractivity contribution is 0.0977. The van der Waals surface area contributed by atoms with Crippen LogP contribution in [0.3, 0.4) is 0 Å². The van der Waals surface area contributed by atoms with Gasteiger partial charge in [0.15, 0.2) is 5.76 Å². The van der Waals surface area contributed by atoms with Gasteiger partial charge < -0.3 is 24.6 Å². The highest BCUT2D eigenvalue weighted by Crippen LogP contribution is 2.32. The van der Waals surface area contributed by atoms with E-state index in [0.29, 0.717) is 16.7 Å². The number of fused-ring (bicyclic) bond motifs is 1. The van der Waals surface area contributed by atoms with Crippen molar-refractivity contribution >= 4 is 28.5 Å². The Bertz CT molecular complexity index is 1220. The third-order valence-electron chi connectivity index (χ3n) is 4.51. The van der Waals surface area contributed by atoms with E-state index < -0.39 is 11.8 Å². The fraction of sp³-hybridized carbons (Fsp3) is 0.0909. The van der Waals surface area contributed by atoms with Crippen LogP contribution >= 0.6 is 0 Å². The summed E-state index contributed by atoms with van der Waals surface area (Å²) in [7, 11) is 1.59. The van der Waals surface area contributed by atoms with Gasteiger partial charge in [-0.1, -0.05) is 6.07 Å². The second-order valence-electron chi connectivity index (χ2n) is 6.52. The number of primary amides is 1. The highest BCUT2D eigenvalue weighted by atomic mass is 16.5. The standard InChI is InChI=1S/C22H18N2O5/c1-12-3-8-15-18(11-12)29-20(21(23)25)19(15)24-22(26)17-10-9-16(28-17)13-4-6-14(27-2)7-5-13/h3-11H,1-2H3,(H2,23,25)(H,24,26). The largest absolute Gasteiger partial charge is 0.497 e. The van der Waals surface area contributed by atoms with Gasteiger partial charge >= 0.3 is 0 Å². The first-order chi connectivity index (χ1) is 14.0. The lowest BCUT2D eigenvalue weighted by Gasteiger charge is -2.03. The Morgan fingerprint density at radius 2 is 1.76 bits per heavy atom. The Kier molecular flexibility index (Phi) is 4.56. The van der Waals surface area contributed by atoms with Crippen molar-refractivity contribution in [1.29, 1.82) is 0 Å². The van der Waals surface area contributed by atoms with Crippen LogP contribution in [0.15, 0.2) is 63.4 Å². The highest BCUT2D eigenvalue weighted by molar-refractivity contribution is 6.13. The van der Waals surface area contributed by atoms with Crippen molar-refractivity contribution in [1.82, 2.24) is 0 Å². The number of aryl methyl sites for hydroxylation is 1. The van der Waals surface area contributed by atoms with E-state index in [4.69, 9.17) is 19.3 Å². The number of hydrogen-bond acceptors (Lipinski definition) is 5. The lowest BCUT2D eigenvalue weighted by Crippen LogP contribution is -2.16. The van der Waals surface area contributed by atoms with Crippen molar-refractivity contribution in [3.63, 3.8) is 0 Å². The Hall–Kier alpha value is -4.00. The van der Waals surface area contributed by atoms with Crippen molar-refractivity contribution in [2.75, 3.05) is 12.4 Å². The van der Waals surface area contributed by atoms with E-state index in [9.17, 15) is 9.59 Å². The molecule has 4 rings (SSSR count). The summed E-state index contributed by atoms with van der Waals surface area (Å²) in [6, 6.07) is 15.9. The quantitative estimate of drug-likeness (QED) is 0.526. The summed E-state index contributed by atoms with van der Waals surface area (Å²) in [6.45, 7) is 1.90. The molecule has 0 aliphatic carbocycles. The summed E-state index contributed by atoms with van der Waals surface area (Å²) in [5.41, 5.74) is 7.86. The molecule has 146 valence electrons. The number of anilines is 1. The third kappa shape index (κ3) is 3.45. The number of methoxy groups -OCH3 is 1. The van der Waals surface area contributed by atoms with Crippen LogP contribution in [0.2, 0.25) is 0 Å². The van der Waals surface area contributed by atoms with Crippen molar-refractivity contribution in [2.24, 2.45) is 5.73 Å². The molecular weight excluding hydrogens is 372 g/mol. The minimum Gasteiger partial charge on any atom is -0.497 e. The van der Waals surface area contributed by atoms with Gasteiger partial charge in [-0.05, 0) is 61.0 Å². The Labute approximate surface area is 166 Å². The van der Waals surface area contributed by atoms with Gasteiger partial charge in [0.05, 0.1) is 7.11 Å². The second-order valence-corrected chi connectivity index (χ2v) is 6.52. The van der Waals surface area contributed by atoms with Gasteiger partial charge in [0.2, 0.25) is 5.76 Å². The maximum Gasteiger partial charge on any atom is 0.291 e. The Morgan fingerprint density at radius 1 is 1.00 bits per heavy atom. The summed E-state index contributed by atoms with van der Waals surface area (Å²) >= 11 is 0. The SMILES string of the molecule is COc1ccc(-c2ccc(C(=O)Nc3c(C(N)=O)oc4cc(C)ccc34)o2)cc1. The van der Waals surface area contributed by atoms with Crippen molar-refractivity contribution in [3.8, 4) is 17.1 Å². The van der Waals surface area contributed by atoms with Crippen LogP contribution in [0, 0.1) is 6.92 Å². The second kappa shape index (κ2) is 7.20. The number of benzene rings is 2. The molecule has 2 heterocycles. The molecule has 0 unspecified atom stereocenters. The molecular formula is C22H18N2O5. The fourth-order valence-electron chi connectivity index (χ4n) is 3.05. The summed E-state index contributed by atoms with van der Waals surface area (Å²) < 4.78 is 16.4. The molecule has 2 amide bonds. The molecule has 0 radical (unpaired) electrons. The molecule has 4 aromatic rings. The molecule has 7 heteroatoms. The summed E-state index contributed by atoms with van der Waals surface area (Å²) in [5, 5.41) is 3.27. The number of rotatable bonds is 5. The lowest BCUT2D eigenvalue weighted by atomic mass is 10.1. The minimum absolute atomic E-state index is 0.0905. The number of carbonyl (C=O) groups excluding carboxylic acids is 2. The number of amides is 2. The van der Waals surface area contributed by atoms with Crippen LogP contribution in [0.25, 0.3) is 22.3 Å². The first-order valence-electron chi connectivity index (χ1n) is 8.85. The van der Waals surface area contributed by atoms with Crippen LogP contribution in [-0.4, -0.2) is 18.9 Å². The molecule has 0 atom stereocenters. The third-order valence-corrected chi connectivity index (χ3v) is 4.51. The number of carbonyl (C=O) groups is 2. The molecule has 0 saturated carbocycles. The molecule has 7 nitrogen and oxygen atoms in total. The van der Waals surface area contributed by atoms with E-state index in [1.54, 1.807) is 43.5 Å². The Balaban J connectivity index is 1.64. The van der Waals surface area contributed by atoms with Gasteiger partial charge in [-0.15, -0.1) is 0 Å². The zero-order valence-corrected chi connectivity index (χ0v) is 15.8. The van der Waals surface area contributed by atoms with Crippen LogP contribution in [0.1, 0.15) is 26.7 Å². The van der Waals surface area contributed by atoms with E-state index in [1.165, 1.54) is 0 Å². The average molecular weight is 390 g/mol. The maximum absolute atomic E-state index is 12.7. The molecule has 0 aliphatic rings. The normalized spacial score (nSPS) is 10.8. The van der Waals surface area contributed by atoms with Crippen LogP contribution < -0.4 is 15.8 Å². The molecule has 0 aliphatic heterocycles. The van der Waals surface area contributed by atoms with Gasteiger partial charge in [0.1, 0.15) is 22.8 Å². The average Bonchev–Trinajstić information content (AvgIpc) is 3.33. The highest BCUT2D eigenvalue weighted by Gasteiger charge is 2.22. The van der Waals surface area contributed by atoms with Crippen molar-refractivity contribution in [3.05, 3.63) is 71.7 Å². The molecule has 0 bridgehead atoms. The molecule has 2 aromatic carbocycles.